The van der Waals surface area contributed by atoms with Crippen molar-refractivity contribution in [1.29, 1.82) is 0 Å². The van der Waals surface area contributed by atoms with Crippen molar-refractivity contribution < 1.29 is 37.0 Å². The van der Waals surface area contributed by atoms with E-state index in [1.165, 1.54) is 32.3 Å². The molecule has 2 heterocycles. The zero-order chi connectivity index (χ0) is 19.7. The molecular formula is C17H20ClN5O5. The number of carbonyl (C=O) groups excluding carboxylic acids is 3. The summed E-state index contributed by atoms with van der Waals surface area (Å²) in [5, 5.41) is 13.4. The van der Waals surface area contributed by atoms with Crippen LogP contribution in [0.4, 0.5) is 16.2 Å². The summed E-state index contributed by atoms with van der Waals surface area (Å²) in [6, 6.07) is 3.67. The predicted molar refractivity (Wildman–Crippen MR) is 95.9 cm³/mol. The maximum absolute atomic E-state index is 12.4. The quantitative estimate of drug-likeness (QED) is 0.238. The number of nitro groups is 1. The SMILES string of the molecule is CN1C(=O)C(=Cc2cc([N+](=O)[O-])ccc2N2CC[NH2+]CC2)C(=O)N(C)C1=O.[Cl-]. The van der Waals surface area contributed by atoms with Crippen LogP contribution in [0.15, 0.2) is 23.8 Å². The van der Waals surface area contributed by atoms with Gasteiger partial charge in [0.15, 0.2) is 0 Å². The monoisotopic (exact) mass is 409 g/mol. The number of hydrogen-bond acceptors (Lipinski definition) is 6. The lowest BCUT2D eigenvalue weighted by Gasteiger charge is -2.30. The Labute approximate surface area is 167 Å². The Morgan fingerprint density at radius 2 is 1.64 bits per heavy atom. The molecule has 0 unspecified atom stereocenters. The largest absolute Gasteiger partial charge is 1.00 e. The molecule has 3 rings (SSSR count). The minimum Gasteiger partial charge on any atom is -1.00 e. The van der Waals surface area contributed by atoms with Crippen LogP contribution in [0, 0.1) is 10.1 Å². The van der Waals surface area contributed by atoms with Crippen molar-refractivity contribution in [2.75, 3.05) is 45.2 Å². The highest BCUT2D eigenvalue weighted by Gasteiger charge is 2.38. The second kappa shape index (κ2) is 8.36. The van der Waals surface area contributed by atoms with Crippen molar-refractivity contribution in [3.05, 3.63) is 39.4 Å². The van der Waals surface area contributed by atoms with Crippen LogP contribution in [0.3, 0.4) is 0 Å². The van der Waals surface area contributed by atoms with Gasteiger partial charge in [0.2, 0.25) is 0 Å². The van der Waals surface area contributed by atoms with E-state index in [2.05, 4.69) is 10.2 Å². The third-order valence-electron chi connectivity index (χ3n) is 4.71. The Kier molecular flexibility index (Phi) is 6.37. The first-order chi connectivity index (χ1) is 12.8. The number of benzene rings is 1. The smallest absolute Gasteiger partial charge is 0.333 e. The Bertz CT molecular complexity index is 839. The van der Waals surface area contributed by atoms with E-state index in [-0.39, 0.29) is 23.7 Å². The van der Waals surface area contributed by atoms with E-state index in [1.807, 2.05) is 0 Å². The van der Waals surface area contributed by atoms with E-state index >= 15 is 0 Å². The molecule has 2 N–H and O–H groups in total. The van der Waals surface area contributed by atoms with Crippen LogP contribution in [-0.4, -0.2) is 72.8 Å². The molecule has 11 heteroatoms. The normalized spacial score (nSPS) is 17.6. The first-order valence-corrected chi connectivity index (χ1v) is 8.48. The molecule has 0 radical (unpaired) electrons. The number of quaternary nitrogens is 1. The molecule has 2 aliphatic rings. The third-order valence-corrected chi connectivity index (χ3v) is 4.71. The van der Waals surface area contributed by atoms with E-state index < -0.39 is 22.8 Å². The molecular weight excluding hydrogens is 390 g/mol. The van der Waals surface area contributed by atoms with Gasteiger partial charge in [-0.05, 0) is 12.1 Å². The minimum absolute atomic E-state index is 0. The van der Waals surface area contributed by atoms with Crippen LogP contribution in [0.2, 0.25) is 0 Å². The van der Waals surface area contributed by atoms with Crippen molar-refractivity contribution in [1.82, 2.24) is 9.80 Å². The van der Waals surface area contributed by atoms with E-state index in [1.54, 1.807) is 6.07 Å². The van der Waals surface area contributed by atoms with Gasteiger partial charge in [0.05, 0.1) is 31.1 Å². The maximum Gasteiger partial charge on any atom is 0.333 e. The first kappa shape index (κ1) is 21.3. The molecule has 1 aromatic rings. The number of nitrogens with zero attached hydrogens (tertiary/aromatic N) is 4. The van der Waals surface area contributed by atoms with Crippen molar-refractivity contribution in [3.8, 4) is 0 Å². The molecule has 2 aliphatic heterocycles. The Morgan fingerprint density at radius 1 is 1.07 bits per heavy atom. The molecule has 0 spiro atoms. The molecule has 0 aromatic heterocycles. The van der Waals surface area contributed by atoms with Gasteiger partial charge in [-0.3, -0.25) is 29.5 Å². The number of halogens is 1. The highest BCUT2D eigenvalue weighted by Crippen LogP contribution is 2.29. The molecule has 2 saturated heterocycles. The van der Waals surface area contributed by atoms with Crippen LogP contribution in [0.25, 0.3) is 6.08 Å². The zero-order valence-corrected chi connectivity index (χ0v) is 16.2. The lowest BCUT2D eigenvalue weighted by atomic mass is 10.0. The van der Waals surface area contributed by atoms with Crippen LogP contribution in [0.1, 0.15) is 5.56 Å². The summed E-state index contributed by atoms with van der Waals surface area (Å²) in [6.07, 6.45) is 1.34. The molecule has 0 aliphatic carbocycles. The van der Waals surface area contributed by atoms with Gasteiger partial charge in [0.1, 0.15) is 5.57 Å². The van der Waals surface area contributed by atoms with E-state index in [4.69, 9.17) is 0 Å². The number of nitro benzene ring substituents is 1. The van der Waals surface area contributed by atoms with Gasteiger partial charge in [0, 0.05) is 37.5 Å². The standard InChI is InChI=1S/C17H19N5O5.ClH/c1-19-15(23)13(16(24)20(2)17(19)25)10-11-9-12(22(26)27)3-4-14(11)21-7-5-18-6-8-21;/h3-4,9-10,18H,5-8H2,1-2H3;1H. The summed E-state index contributed by atoms with van der Waals surface area (Å²) >= 11 is 0. The molecule has 150 valence electrons. The lowest BCUT2D eigenvalue weighted by Crippen LogP contribution is -3.00. The number of rotatable bonds is 3. The fourth-order valence-corrected chi connectivity index (χ4v) is 3.18. The molecule has 0 saturated carbocycles. The van der Waals surface area contributed by atoms with E-state index in [0.29, 0.717) is 11.3 Å². The number of amides is 4. The summed E-state index contributed by atoms with van der Waals surface area (Å²) < 4.78 is 0. The summed E-state index contributed by atoms with van der Waals surface area (Å²) in [7, 11) is 2.58. The highest BCUT2D eigenvalue weighted by molar-refractivity contribution is 6.30. The van der Waals surface area contributed by atoms with Crippen LogP contribution in [0.5, 0.6) is 0 Å². The number of barbiturate groups is 1. The first-order valence-electron chi connectivity index (χ1n) is 8.48. The number of nitrogens with two attached hydrogens (primary N) is 1. The van der Waals surface area contributed by atoms with E-state index in [0.717, 1.165) is 36.0 Å². The average Bonchev–Trinajstić information content (AvgIpc) is 2.68. The van der Waals surface area contributed by atoms with Crippen molar-refractivity contribution in [2.45, 2.75) is 0 Å². The van der Waals surface area contributed by atoms with Crippen molar-refractivity contribution in [2.24, 2.45) is 0 Å². The number of imide groups is 2. The highest BCUT2D eigenvalue weighted by atomic mass is 35.5. The number of piperazine rings is 1. The summed E-state index contributed by atoms with van der Waals surface area (Å²) in [6.45, 7) is 3.25. The lowest BCUT2D eigenvalue weighted by molar-refractivity contribution is -0.655. The Morgan fingerprint density at radius 3 is 2.18 bits per heavy atom. The molecule has 10 nitrogen and oxygen atoms in total. The summed E-state index contributed by atoms with van der Waals surface area (Å²) in [5.74, 6) is -1.46. The van der Waals surface area contributed by atoms with Crippen LogP contribution >= 0.6 is 0 Å². The molecule has 2 fully saturated rings. The molecule has 1 aromatic carbocycles. The maximum atomic E-state index is 12.4. The van der Waals surface area contributed by atoms with Crippen molar-refractivity contribution >= 4 is 35.3 Å². The summed E-state index contributed by atoms with van der Waals surface area (Å²) in [4.78, 5) is 51.2. The minimum atomic E-state index is -0.729. The topological polar surface area (TPSA) is 121 Å². The fourth-order valence-electron chi connectivity index (χ4n) is 3.18. The Hall–Kier alpha value is -2.98. The number of carbonyl (C=O) groups is 3. The second-order valence-electron chi connectivity index (χ2n) is 6.42. The predicted octanol–water partition coefficient (Wildman–Crippen LogP) is -3.58. The number of urea groups is 1. The van der Waals surface area contributed by atoms with E-state index in [9.17, 15) is 24.5 Å². The van der Waals surface area contributed by atoms with Gasteiger partial charge in [0.25, 0.3) is 17.5 Å². The number of non-ortho nitro benzene ring substituents is 1. The van der Waals surface area contributed by atoms with Gasteiger partial charge < -0.3 is 22.6 Å². The molecule has 0 bridgehead atoms. The second-order valence-corrected chi connectivity index (χ2v) is 6.42. The number of likely N-dealkylation sites (N-methyl/N-ethyl adjacent to an activating group) is 2. The van der Waals surface area contributed by atoms with Gasteiger partial charge in [-0.2, -0.15) is 0 Å². The molecule has 0 atom stereocenters. The number of hydrogen-bond donors (Lipinski definition) is 1. The van der Waals surface area contributed by atoms with Crippen LogP contribution in [-0.2, 0) is 9.59 Å². The van der Waals surface area contributed by atoms with Gasteiger partial charge in [-0.15, -0.1) is 0 Å². The fraction of sp³-hybridized carbons (Fsp3) is 0.353. The Balaban J connectivity index is 0.00000280. The summed E-state index contributed by atoms with van der Waals surface area (Å²) in [5.41, 5.74) is 0.774. The van der Waals surface area contributed by atoms with Gasteiger partial charge in [-0.25, -0.2) is 4.79 Å². The third kappa shape index (κ3) is 3.82. The molecule has 4 amide bonds. The van der Waals surface area contributed by atoms with Gasteiger partial charge >= 0.3 is 6.03 Å². The number of anilines is 1. The average molecular weight is 410 g/mol. The van der Waals surface area contributed by atoms with Crippen LogP contribution < -0.4 is 22.6 Å². The zero-order valence-electron chi connectivity index (χ0n) is 15.4. The van der Waals surface area contributed by atoms with Gasteiger partial charge in [-0.1, -0.05) is 0 Å². The molecule has 28 heavy (non-hydrogen) atoms. The van der Waals surface area contributed by atoms with Crippen molar-refractivity contribution in [3.63, 3.8) is 0 Å².